The number of benzene rings is 2. The summed E-state index contributed by atoms with van der Waals surface area (Å²) in [4.78, 5) is 44.2. The first kappa shape index (κ1) is 20.6. The van der Waals surface area contributed by atoms with Gasteiger partial charge in [0, 0.05) is 18.7 Å². The first-order valence-corrected chi connectivity index (χ1v) is 10.6. The Kier molecular flexibility index (Phi) is 5.01. The van der Waals surface area contributed by atoms with Crippen LogP contribution in [-0.4, -0.2) is 37.8 Å². The van der Waals surface area contributed by atoms with E-state index in [-0.39, 0.29) is 24.3 Å². The molecule has 2 aromatic carbocycles. The Bertz CT molecular complexity index is 1420. The largest absolute Gasteiger partial charge is 0.312 e. The summed E-state index contributed by atoms with van der Waals surface area (Å²) in [5.74, 6) is -1.11. The van der Waals surface area contributed by atoms with E-state index in [0.717, 1.165) is 27.2 Å². The number of hydrogen-bond donors (Lipinski definition) is 1. The number of amides is 2. The molecule has 166 valence electrons. The maximum Gasteiger partial charge on any atom is 0.283 e. The number of carbonyl (C=O) groups is 2. The SMILES string of the molecule is Cc1ccc(N2CC(C(=O)Nn3cnc4c(cnn4-c4ccc(C)cc4)c3=O)CC2=O)cc1. The van der Waals surface area contributed by atoms with E-state index >= 15 is 0 Å². The van der Waals surface area contributed by atoms with Crippen LogP contribution in [0.15, 0.2) is 65.8 Å². The molecule has 3 heterocycles. The third kappa shape index (κ3) is 3.78. The Morgan fingerprint density at radius 1 is 0.970 bits per heavy atom. The maximum atomic E-state index is 12.9. The predicted molar refractivity (Wildman–Crippen MR) is 124 cm³/mol. The van der Waals surface area contributed by atoms with Crippen molar-refractivity contribution in [2.24, 2.45) is 5.92 Å². The molecule has 0 saturated carbocycles. The summed E-state index contributed by atoms with van der Waals surface area (Å²) in [6, 6.07) is 15.3. The van der Waals surface area contributed by atoms with Crippen LogP contribution in [0.3, 0.4) is 0 Å². The molecule has 9 nitrogen and oxygen atoms in total. The van der Waals surface area contributed by atoms with Crippen molar-refractivity contribution in [3.63, 3.8) is 0 Å². The zero-order chi connectivity index (χ0) is 23.1. The first-order valence-electron chi connectivity index (χ1n) is 10.6. The van der Waals surface area contributed by atoms with Gasteiger partial charge >= 0.3 is 0 Å². The highest BCUT2D eigenvalue weighted by atomic mass is 16.2. The van der Waals surface area contributed by atoms with Crippen molar-refractivity contribution in [3.8, 4) is 5.69 Å². The minimum Gasteiger partial charge on any atom is -0.312 e. The van der Waals surface area contributed by atoms with E-state index in [9.17, 15) is 14.4 Å². The van der Waals surface area contributed by atoms with E-state index in [1.165, 1.54) is 12.5 Å². The predicted octanol–water partition coefficient (Wildman–Crippen LogP) is 2.32. The van der Waals surface area contributed by atoms with Crippen LogP contribution in [0.5, 0.6) is 0 Å². The highest BCUT2D eigenvalue weighted by Crippen LogP contribution is 2.25. The summed E-state index contributed by atoms with van der Waals surface area (Å²) < 4.78 is 2.63. The van der Waals surface area contributed by atoms with Gasteiger partial charge in [-0.3, -0.25) is 19.8 Å². The van der Waals surface area contributed by atoms with Crippen molar-refractivity contribution in [1.82, 2.24) is 19.4 Å². The molecule has 2 amide bonds. The topological polar surface area (TPSA) is 102 Å². The normalized spacial score (nSPS) is 15.9. The summed E-state index contributed by atoms with van der Waals surface area (Å²) in [5.41, 5.74) is 6.29. The van der Waals surface area contributed by atoms with Crippen LogP contribution in [0.1, 0.15) is 17.5 Å². The fourth-order valence-corrected chi connectivity index (χ4v) is 3.93. The van der Waals surface area contributed by atoms with Gasteiger partial charge in [-0.2, -0.15) is 5.10 Å². The van der Waals surface area contributed by atoms with Gasteiger partial charge in [0.05, 0.1) is 17.8 Å². The summed E-state index contributed by atoms with van der Waals surface area (Å²) >= 11 is 0. The van der Waals surface area contributed by atoms with E-state index in [4.69, 9.17) is 0 Å². The lowest BCUT2D eigenvalue weighted by molar-refractivity contribution is -0.123. The Morgan fingerprint density at radius 2 is 1.61 bits per heavy atom. The summed E-state index contributed by atoms with van der Waals surface area (Å²) in [6.45, 7) is 4.21. The standard InChI is InChI=1S/C24H22N6O3/c1-15-3-7-18(8-4-15)28-13-17(11-21(28)31)23(32)27-29-14-25-22-20(24(29)33)12-26-30(22)19-9-5-16(2)6-10-19/h3-10,12,14,17H,11,13H2,1-2H3,(H,27,32). The van der Waals surface area contributed by atoms with Crippen LogP contribution in [-0.2, 0) is 9.59 Å². The molecule has 1 N–H and O–H groups in total. The monoisotopic (exact) mass is 442 g/mol. The number of aromatic nitrogens is 4. The molecular formula is C24H22N6O3. The number of hydrogen-bond acceptors (Lipinski definition) is 5. The number of aryl methyl sites for hydroxylation is 2. The van der Waals surface area contributed by atoms with Crippen LogP contribution in [0, 0.1) is 19.8 Å². The van der Waals surface area contributed by atoms with Gasteiger partial charge < -0.3 is 4.90 Å². The van der Waals surface area contributed by atoms with E-state index in [2.05, 4.69) is 15.5 Å². The van der Waals surface area contributed by atoms with Crippen molar-refractivity contribution in [2.75, 3.05) is 16.9 Å². The highest BCUT2D eigenvalue weighted by Gasteiger charge is 2.35. The number of anilines is 1. The molecule has 33 heavy (non-hydrogen) atoms. The smallest absolute Gasteiger partial charge is 0.283 e. The molecule has 0 radical (unpaired) electrons. The Morgan fingerprint density at radius 3 is 2.27 bits per heavy atom. The van der Waals surface area contributed by atoms with Crippen molar-refractivity contribution in [2.45, 2.75) is 20.3 Å². The second kappa shape index (κ2) is 8.01. The number of carbonyl (C=O) groups excluding carboxylic acids is 2. The van der Waals surface area contributed by atoms with Gasteiger partial charge in [0.2, 0.25) is 11.8 Å². The molecule has 1 atom stereocenters. The fraction of sp³-hybridized carbons (Fsp3) is 0.208. The van der Waals surface area contributed by atoms with E-state index in [1.54, 1.807) is 9.58 Å². The van der Waals surface area contributed by atoms with Gasteiger partial charge in [-0.25, -0.2) is 14.3 Å². The van der Waals surface area contributed by atoms with Gasteiger partial charge in [0.25, 0.3) is 5.56 Å². The second-order valence-corrected chi connectivity index (χ2v) is 8.27. The van der Waals surface area contributed by atoms with Gasteiger partial charge in [-0.1, -0.05) is 35.4 Å². The highest BCUT2D eigenvalue weighted by molar-refractivity contribution is 6.01. The third-order valence-corrected chi connectivity index (χ3v) is 5.84. The lowest BCUT2D eigenvalue weighted by atomic mass is 10.1. The van der Waals surface area contributed by atoms with E-state index in [1.807, 2.05) is 62.4 Å². The molecule has 1 saturated heterocycles. The van der Waals surface area contributed by atoms with E-state index in [0.29, 0.717) is 5.65 Å². The van der Waals surface area contributed by atoms with Gasteiger partial charge in [0.1, 0.15) is 11.7 Å². The number of nitrogens with zero attached hydrogens (tertiary/aromatic N) is 5. The molecular weight excluding hydrogens is 420 g/mol. The zero-order valence-electron chi connectivity index (χ0n) is 18.2. The molecule has 4 aromatic rings. The van der Waals surface area contributed by atoms with Crippen molar-refractivity contribution in [1.29, 1.82) is 0 Å². The molecule has 1 aliphatic rings. The molecule has 1 aliphatic heterocycles. The van der Waals surface area contributed by atoms with Crippen LogP contribution in [0.25, 0.3) is 16.7 Å². The van der Waals surface area contributed by atoms with Crippen LogP contribution < -0.4 is 15.9 Å². The molecule has 5 rings (SSSR count). The van der Waals surface area contributed by atoms with Gasteiger partial charge in [-0.15, -0.1) is 0 Å². The molecule has 0 aliphatic carbocycles. The minimum atomic E-state index is -0.573. The fourth-order valence-electron chi connectivity index (χ4n) is 3.93. The maximum absolute atomic E-state index is 12.9. The number of nitrogens with one attached hydrogen (secondary N) is 1. The Labute approximate surface area is 189 Å². The average Bonchev–Trinajstić information content (AvgIpc) is 3.41. The lowest BCUT2D eigenvalue weighted by Crippen LogP contribution is -2.37. The van der Waals surface area contributed by atoms with Gasteiger partial charge in [0.15, 0.2) is 5.65 Å². The average molecular weight is 442 g/mol. The van der Waals surface area contributed by atoms with Crippen LogP contribution >= 0.6 is 0 Å². The zero-order valence-corrected chi connectivity index (χ0v) is 18.2. The first-order chi connectivity index (χ1) is 15.9. The third-order valence-electron chi connectivity index (χ3n) is 5.84. The quantitative estimate of drug-likeness (QED) is 0.523. The molecule has 2 aromatic heterocycles. The lowest BCUT2D eigenvalue weighted by Gasteiger charge is -2.17. The Hall–Kier alpha value is -4.27. The Balaban J connectivity index is 1.36. The van der Waals surface area contributed by atoms with Crippen molar-refractivity contribution in [3.05, 3.63) is 82.5 Å². The summed E-state index contributed by atoms with van der Waals surface area (Å²) in [5, 5.41) is 4.57. The summed E-state index contributed by atoms with van der Waals surface area (Å²) in [6.07, 6.45) is 2.78. The minimum absolute atomic E-state index is 0.0789. The molecule has 9 heteroatoms. The molecule has 0 spiro atoms. The van der Waals surface area contributed by atoms with Crippen molar-refractivity contribution >= 4 is 28.5 Å². The molecule has 0 bridgehead atoms. The molecule has 1 unspecified atom stereocenters. The van der Waals surface area contributed by atoms with Crippen LogP contribution in [0.4, 0.5) is 5.69 Å². The molecule has 1 fully saturated rings. The van der Waals surface area contributed by atoms with Gasteiger partial charge in [-0.05, 0) is 38.1 Å². The second-order valence-electron chi connectivity index (χ2n) is 8.27. The summed E-state index contributed by atoms with van der Waals surface area (Å²) in [7, 11) is 0. The van der Waals surface area contributed by atoms with Crippen LogP contribution in [0.2, 0.25) is 0 Å². The van der Waals surface area contributed by atoms with E-state index < -0.39 is 17.4 Å². The number of rotatable bonds is 4. The number of fused-ring (bicyclic) bond motifs is 1. The van der Waals surface area contributed by atoms with Crippen molar-refractivity contribution < 1.29 is 9.59 Å².